The van der Waals surface area contributed by atoms with Crippen LogP contribution < -0.4 is 14.6 Å². The van der Waals surface area contributed by atoms with Crippen molar-refractivity contribution in [1.29, 1.82) is 0 Å². The van der Waals surface area contributed by atoms with E-state index in [-0.39, 0.29) is 23.8 Å². The second-order valence-electron chi connectivity index (χ2n) is 5.82. The third-order valence-corrected chi connectivity index (χ3v) is 3.96. The van der Waals surface area contributed by atoms with Gasteiger partial charge >= 0.3 is 0 Å². The molecule has 0 spiro atoms. The molecule has 0 saturated heterocycles. The summed E-state index contributed by atoms with van der Waals surface area (Å²) in [6.07, 6.45) is 3.66. The number of hydrogen-bond acceptors (Lipinski definition) is 4. The maximum Gasteiger partial charge on any atom is 0.290 e. The smallest absolute Gasteiger partial charge is 0.290 e. The number of carbonyl (C=O) groups excluding carboxylic acids is 1. The number of amides is 1. The Morgan fingerprint density at radius 3 is 2.56 bits per heavy atom. The zero-order valence-electron chi connectivity index (χ0n) is 14.7. The quantitative estimate of drug-likeness (QED) is 0.413. The fourth-order valence-corrected chi connectivity index (χ4v) is 2.68. The summed E-state index contributed by atoms with van der Waals surface area (Å²) < 4.78 is 6.92. The van der Waals surface area contributed by atoms with Gasteiger partial charge < -0.3 is 10.1 Å². The fourth-order valence-electron chi connectivity index (χ4n) is 2.68. The molecule has 1 N–H and O–H groups in total. The molecule has 1 amide bonds. The Bertz CT molecular complexity index is 974. The van der Waals surface area contributed by atoms with Gasteiger partial charge in [0, 0.05) is 23.8 Å². The number of ether oxygens (including phenoxy) is 1. The molecule has 3 rings (SSSR count). The number of aromatic nitrogens is 1. The van der Waals surface area contributed by atoms with Gasteiger partial charge in [-0.15, -0.1) is 0 Å². The minimum atomic E-state index is -0.521. The highest BCUT2D eigenvalue weighted by Gasteiger charge is 2.16. The van der Waals surface area contributed by atoms with Crippen molar-refractivity contribution in [3.8, 4) is 16.9 Å². The van der Waals surface area contributed by atoms with Crippen LogP contribution in [0.15, 0.2) is 73.1 Å². The number of pyridine rings is 1. The zero-order valence-corrected chi connectivity index (χ0v) is 14.7. The molecule has 7 nitrogen and oxygen atoms in total. The minimum absolute atomic E-state index is 0.0620. The van der Waals surface area contributed by atoms with Gasteiger partial charge in [-0.1, -0.05) is 30.3 Å². The van der Waals surface area contributed by atoms with E-state index in [1.807, 2.05) is 48.7 Å². The molecule has 0 aliphatic rings. The third kappa shape index (κ3) is 4.46. The predicted octanol–water partition coefficient (Wildman–Crippen LogP) is 3.20. The Labute approximate surface area is 156 Å². The number of anilines is 1. The average Bonchev–Trinajstić information content (AvgIpc) is 2.68. The first-order valence-electron chi connectivity index (χ1n) is 8.23. The number of carbonyl (C=O) groups is 1. The summed E-state index contributed by atoms with van der Waals surface area (Å²) in [6.45, 7) is 0.0620. The molecule has 1 heterocycles. The normalized spacial score (nSPS) is 10.3. The van der Waals surface area contributed by atoms with E-state index in [0.29, 0.717) is 5.75 Å². The molecule has 1 aromatic heterocycles. The molecule has 0 bridgehead atoms. The molecule has 0 fully saturated rings. The Balaban J connectivity index is 1.77. The second-order valence-corrected chi connectivity index (χ2v) is 5.82. The molecule has 2 aromatic carbocycles. The molecule has 7 heteroatoms. The van der Waals surface area contributed by atoms with E-state index >= 15 is 0 Å². The summed E-state index contributed by atoms with van der Waals surface area (Å²) in [6, 6.07) is 17.7. The molecule has 3 aromatic rings. The lowest BCUT2D eigenvalue weighted by Crippen LogP contribution is -2.39. The van der Waals surface area contributed by atoms with Gasteiger partial charge in [0.2, 0.25) is 6.54 Å². The molecular formula is C20H18N3O4+. The van der Waals surface area contributed by atoms with E-state index in [1.54, 1.807) is 10.8 Å². The lowest BCUT2D eigenvalue weighted by atomic mass is 10.1. The van der Waals surface area contributed by atoms with Crippen molar-refractivity contribution in [2.75, 3.05) is 12.4 Å². The molecule has 0 saturated carbocycles. The number of nitro benzene ring substituents is 1. The van der Waals surface area contributed by atoms with E-state index in [4.69, 9.17) is 4.74 Å². The van der Waals surface area contributed by atoms with Crippen LogP contribution in [0.4, 0.5) is 11.4 Å². The summed E-state index contributed by atoms with van der Waals surface area (Å²) in [5.74, 6) is 0.0426. The first kappa shape index (κ1) is 18.1. The number of benzene rings is 2. The third-order valence-electron chi connectivity index (χ3n) is 3.96. The number of methoxy groups -OCH3 is 1. The monoisotopic (exact) mass is 364 g/mol. The zero-order chi connectivity index (χ0) is 19.2. The van der Waals surface area contributed by atoms with E-state index in [2.05, 4.69) is 5.32 Å². The van der Waals surface area contributed by atoms with Crippen LogP contribution in [0.25, 0.3) is 11.1 Å². The maximum absolute atomic E-state index is 12.4. The number of hydrogen-bond donors (Lipinski definition) is 1. The van der Waals surface area contributed by atoms with Crippen molar-refractivity contribution < 1.29 is 19.0 Å². The highest BCUT2D eigenvalue weighted by Crippen LogP contribution is 2.28. The highest BCUT2D eigenvalue weighted by molar-refractivity contribution is 5.91. The molecule has 136 valence electrons. The standard InChI is InChI=1S/C20H17N3O4/c1-27-19-10-9-17(23(25)26)12-18(19)21-20(24)14-22-11-5-8-16(13-22)15-6-3-2-4-7-15/h2-13H,14H2,1H3/p+1. The Kier molecular flexibility index (Phi) is 5.41. The Morgan fingerprint density at radius 1 is 1.11 bits per heavy atom. The van der Waals surface area contributed by atoms with Crippen LogP contribution in [0.1, 0.15) is 0 Å². The summed E-state index contributed by atoms with van der Waals surface area (Å²) in [4.78, 5) is 22.9. The van der Waals surface area contributed by atoms with Crippen molar-refractivity contribution in [1.82, 2.24) is 0 Å². The number of nitrogens with one attached hydrogen (secondary N) is 1. The average molecular weight is 364 g/mol. The van der Waals surface area contributed by atoms with E-state index in [0.717, 1.165) is 11.1 Å². The summed E-state index contributed by atoms with van der Waals surface area (Å²) >= 11 is 0. The van der Waals surface area contributed by atoms with E-state index < -0.39 is 4.92 Å². The highest BCUT2D eigenvalue weighted by atomic mass is 16.6. The first-order valence-corrected chi connectivity index (χ1v) is 8.23. The van der Waals surface area contributed by atoms with Crippen LogP contribution in [0.3, 0.4) is 0 Å². The summed E-state index contributed by atoms with van der Waals surface area (Å²) in [5.41, 5.74) is 2.17. The van der Waals surface area contributed by atoms with Gasteiger partial charge in [-0.2, -0.15) is 4.57 Å². The van der Waals surface area contributed by atoms with Gasteiger partial charge in [0.15, 0.2) is 12.4 Å². The van der Waals surface area contributed by atoms with Crippen molar-refractivity contribution in [3.63, 3.8) is 0 Å². The van der Waals surface area contributed by atoms with Gasteiger partial charge in [-0.05, 0) is 17.7 Å². The predicted molar refractivity (Wildman–Crippen MR) is 100 cm³/mol. The minimum Gasteiger partial charge on any atom is -0.495 e. The van der Waals surface area contributed by atoms with Crippen LogP contribution in [0.5, 0.6) is 5.75 Å². The lowest BCUT2D eigenvalue weighted by molar-refractivity contribution is -0.683. The maximum atomic E-state index is 12.4. The molecule has 0 atom stereocenters. The van der Waals surface area contributed by atoms with Crippen LogP contribution in [-0.4, -0.2) is 17.9 Å². The van der Waals surface area contributed by atoms with Crippen LogP contribution in [0.2, 0.25) is 0 Å². The van der Waals surface area contributed by atoms with Crippen molar-refractivity contribution >= 4 is 17.3 Å². The SMILES string of the molecule is COc1ccc([N+](=O)[O-])cc1NC(=O)C[n+]1cccc(-c2ccccc2)c1. The second kappa shape index (κ2) is 8.09. The van der Waals surface area contributed by atoms with Crippen LogP contribution in [-0.2, 0) is 11.3 Å². The van der Waals surface area contributed by atoms with E-state index in [1.165, 1.54) is 25.3 Å². The Hall–Kier alpha value is -3.74. The number of nitrogens with zero attached hydrogens (tertiary/aromatic N) is 2. The van der Waals surface area contributed by atoms with E-state index in [9.17, 15) is 14.9 Å². The Morgan fingerprint density at radius 2 is 1.85 bits per heavy atom. The number of rotatable bonds is 6. The first-order chi connectivity index (χ1) is 13.1. The fraction of sp³-hybridized carbons (Fsp3) is 0.100. The molecule has 0 radical (unpaired) electrons. The van der Waals surface area contributed by atoms with Crippen LogP contribution in [0, 0.1) is 10.1 Å². The van der Waals surface area contributed by atoms with Gasteiger partial charge in [0.25, 0.3) is 11.6 Å². The molecule has 0 aliphatic heterocycles. The lowest BCUT2D eigenvalue weighted by Gasteiger charge is -2.09. The van der Waals surface area contributed by atoms with Crippen molar-refractivity contribution in [3.05, 3.63) is 83.2 Å². The van der Waals surface area contributed by atoms with Crippen molar-refractivity contribution in [2.24, 2.45) is 0 Å². The number of non-ortho nitro benzene ring substituents is 1. The van der Waals surface area contributed by atoms with Gasteiger partial charge in [-0.3, -0.25) is 14.9 Å². The molecule has 0 aliphatic carbocycles. The largest absolute Gasteiger partial charge is 0.495 e. The van der Waals surface area contributed by atoms with Crippen molar-refractivity contribution in [2.45, 2.75) is 6.54 Å². The van der Waals surface area contributed by atoms with Gasteiger partial charge in [0.1, 0.15) is 5.75 Å². The summed E-state index contributed by atoms with van der Waals surface area (Å²) in [5, 5.41) is 13.6. The number of nitro groups is 1. The van der Waals surface area contributed by atoms with Crippen LogP contribution >= 0.6 is 0 Å². The van der Waals surface area contributed by atoms with Gasteiger partial charge in [-0.25, -0.2) is 0 Å². The molecule has 0 unspecified atom stereocenters. The van der Waals surface area contributed by atoms with Gasteiger partial charge in [0.05, 0.1) is 17.7 Å². The summed E-state index contributed by atoms with van der Waals surface area (Å²) in [7, 11) is 1.44. The molecular weight excluding hydrogens is 346 g/mol. The molecule has 27 heavy (non-hydrogen) atoms. The topological polar surface area (TPSA) is 85.3 Å².